The summed E-state index contributed by atoms with van der Waals surface area (Å²) in [6, 6.07) is 28.7. The Hall–Kier alpha value is -1.99. The molecule has 0 unspecified atom stereocenters. The molecule has 0 saturated carbocycles. The molecular weight excluding hydrogens is 272 g/mol. The Morgan fingerprint density at radius 1 is 0.857 bits per heavy atom. The van der Waals surface area contributed by atoms with Crippen LogP contribution in [-0.2, 0) is 0 Å². The summed E-state index contributed by atoms with van der Waals surface area (Å²) in [5, 5.41) is 0. The summed E-state index contributed by atoms with van der Waals surface area (Å²) in [6.07, 6.45) is 0. The van der Waals surface area contributed by atoms with Crippen LogP contribution in [0.3, 0.4) is 0 Å². The molecule has 0 atom stereocenters. The van der Waals surface area contributed by atoms with E-state index in [9.17, 15) is 0 Å². The number of aryl methyl sites for hydroxylation is 1. The first-order chi connectivity index (χ1) is 10.3. The van der Waals surface area contributed by atoms with Gasteiger partial charge in [-0.25, -0.2) is 0 Å². The van der Waals surface area contributed by atoms with E-state index in [2.05, 4.69) is 92.3 Å². The van der Waals surface area contributed by atoms with Crippen molar-refractivity contribution in [3.8, 4) is 0 Å². The first-order valence-corrected chi connectivity index (χ1v) is 7.51. The molecule has 3 rings (SSSR count). The monoisotopic (exact) mass is 289 g/mol. The van der Waals surface area contributed by atoms with Crippen molar-refractivity contribution in [2.45, 2.75) is 17.7 Å². The van der Waals surface area contributed by atoms with E-state index < -0.39 is 0 Å². The van der Waals surface area contributed by atoms with Crippen LogP contribution in [0.15, 0.2) is 77.7 Å². The fourth-order valence-corrected chi connectivity index (χ4v) is 2.78. The molecule has 0 nitrogen and oxygen atoms in total. The van der Waals surface area contributed by atoms with Crippen LogP contribution in [0.5, 0.6) is 0 Å². The zero-order valence-corrected chi connectivity index (χ0v) is 12.8. The second-order valence-electron chi connectivity index (χ2n) is 5.21. The molecule has 0 fully saturated rings. The van der Waals surface area contributed by atoms with Crippen molar-refractivity contribution >= 4 is 12.6 Å². The molecule has 0 aliphatic carbocycles. The van der Waals surface area contributed by atoms with Gasteiger partial charge in [-0.05, 0) is 41.3 Å². The molecule has 0 amide bonds. The fourth-order valence-electron chi connectivity index (χ4n) is 2.58. The second kappa shape index (κ2) is 6.19. The van der Waals surface area contributed by atoms with E-state index in [0.717, 1.165) is 16.0 Å². The zero-order chi connectivity index (χ0) is 14.7. The zero-order valence-electron chi connectivity index (χ0n) is 12.0. The average Bonchev–Trinajstić information content (AvgIpc) is 2.53. The lowest BCUT2D eigenvalue weighted by atomic mass is 9.85. The van der Waals surface area contributed by atoms with Gasteiger partial charge in [0.15, 0.2) is 0 Å². The third kappa shape index (κ3) is 3.03. The summed E-state index contributed by atoms with van der Waals surface area (Å²) in [7, 11) is 0. The van der Waals surface area contributed by atoms with Gasteiger partial charge in [0.2, 0.25) is 0 Å². The van der Waals surface area contributed by atoms with Crippen molar-refractivity contribution in [1.82, 2.24) is 0 Å². The number of thiol groups is 1. The predicted octanol–water partition coefficient (Wildman–Crippen LogP) is 5.26. The second-order valence-corrected chi connectivity index (χ2v) is 5.69. The summed E-state index contributed by atoms with van der Waals surface area (Å²) in [4.78, 5) is 1.01. The molecule has 0 spiro atoms. The average molecular weight is 289 g/mol. The highest BCUT2D eigenvalue weighted by Crippen LogP contribution is 2.32. The first kappa shape index (κ1) is 14.0. The normalized spacial score (nSPS) is 10.8. The van der Waals surface area contributed by atoms with Gasteiger partial charge in [-0.1, -0.05) is 66.7 Å². The van der Waals surface area contributed by atoms with Crippen LogP contribution in [0.4, 0.5) is 0 Å². The maximum Gasteiger partial charge on any atom is 0.0346 e. The molecular formula is C20H17S. The molecule has 0 saturated heterocycles. The molecule has 103 valence electrons. The van der Waals surface area contributed by atoms with Crippen molar-refractivity contribution in [3.63, 3.8) is 0 Å². The molecule has 0 N–H and O–H groups in total. The maximum absolute atomic E-state index is 4.57. The Morgan fingerprint density at radius 2 is 1.38 bits per heavy atom. The molecule has 21 heavy (non-hydrogen) atoms. The van der Waals surface area contributed by atoms with Crippen LogP contribution in [0.25, 0.3) is 0 Å². The first-order valence-electron chi connectivity index (χ1n) is 7.07. The van der Waals surface area contributed by atoms with E-state index in [4.69, 9.17) is 0 Å². The maximum atomic E-state index is 4.57. The van der Waals surface area contributed by atoms with Gasteiger partial charge in [0.25, 0.3) is 0 Å². The Labute approximate surface area is 131 Å². The third-order valence-corrected chi connectivity index (χ3v) is 4.21. The fraction of sp³-hybridized carbons (Fsp3) is 0.100. The highest BCUT2D eigenvalue weighted by Gasteiger charge is 2.17. The van der Waals surface area contributed by atoms with Crippen LogP contribution in [0.2, 0.25) is 0 Å². The van der Waals surface area contributed by atoms with Gasteiger partial charge in [0.05, 0.1) is 0 Å². The van der Waals surface area contributed by atoms with Gasteiger partial charge >= 0.3 is 0 Å². The summed E-state index contributed by atoms with van der Waals surface area (Å²) in [5.74, 6) is 0.193. The van der Waals surface area contributed by atoms with Crippen molar-refractivity contribution in [2.75, 3.05) is 0 Å². The van der Waals surface area contributed by atoms with E-state index in [-0.39, 0.29) is 5.92 Å². The highest BCUT2D eigenvalue weighted by molar-refractivity contribution is 7.80. The summed E-state index contributed by atoms with van der Waals surface area (Å²) in [5.41, 5.74) is 4.86. The molecule has 0 heterocycles. The standard InChI is InChI=1S/C20H17S/c1-15-12-13-18(14-19(15)21)20(16-8-4-2-5-9-16)17-10-6-3-7-11-17/h2-12,14,20-21H,1H3. The predicted molar refractivity (Wildman–Crippen MR) is 91.1 cm³/mol. The Morgan fingerprint density at radius 3 is 1.86 bits per heavy atom. The van der Waals surface area contributed by atoms with Crippen LogP contribution >= 0.6 is 12.6 Å². The van der Waals surface area contributed by atoms with Gasteiger partial charge in [-0.15, -0.1) is 12.6 Å². The lowest BCUT2D eigenvalue weighted by Crippen LogP contribution is -2.03. The van der Waals surface area contributed by atoms with Gasteiger partial charge in [0, 0.05) is 10.8 Å². The van der Waals surface area contributed by atoms with E-state index in [0.29, 0.717) is 0 Å². The number of rotatable bonds is 3. The lowest BCUT2D eigenvalue weighted by molar-refractivity contribution is 0.964. The van der Waals surface area contributed by atoms with Crippen LogP contribution in [0.1, 0.15) is 28.2 Å². The Balaban J connectivity index is 2.14. The molecule has 0 aromatic heterocycles. The molecule has 1 heteroatoms. The summed E-state index contributed by atoms with van der Waals surface area (Å²) >= 11 is 4.57. The molecule has 1 radical (unpaired) electrons. The van der Waals surface area contributed by atoms with Crippen molar-refractivity contribution in [1.29, 1.82) is 0 Å². The minimum absolute atomic E-state index is 0.193. The van der Waals surface area contributed by atoms with E-state index in [1.165, 1.54) is 11.1 Å². The topological polar surface area (TPSA) is 0 Å². The molecule has 0 aliphatic heterocycles. The quantitative estimate of drug-likeness (QED) is 0.493. The number of hydrogen-bond donors (Lipinski definition) is 1. The van der Waals surface area contributed by atoms with Crippen LogP contribution in [0, 0.1) is 13.0 Å². The van der Waals surface area contributed by atoms with Gasteiger partial charge in [0.1, 0.15) is 0 Å². The SMILES string of the molecule is Cc1c[c]c(C(c2ccccc2)c2ccccc2)cc1S. The molecule has 0 aliphatic rings. The molecule has 3 aromatic rings. The summed E-state index contributed by atoms with van der Waals surface area (Å²) < 4.78 is 0. The van der Waals surface area contributed by atoms with Crippen LogP contribution in [-0.4, -0.2) is 0 Å². The van der Waals surface area contributed by atoms with E-state index >= 15 is 0 Å². The van der Waals surface area contributed by atoms with Crippen molar-refractivity contribution in [3.05, 3.63) is 101 Å². The van der Waals surface area contributed by atoms with Crippen LogP contribution < -0.4 is 0 Å². The van der Waals surface area contributed by atoms with E-state index in [1.54, 1.807) is 0 Å². The molecule has 0 bridgehead atoms. The van der Waals surface area contributed by atoms with Gasteiger partial charge < -0.3 is 0 Å². The third-order valence-electron chi connectivity index (χ3n) is 3.73. The largest absolute Gasteiger partial charge is 0.143 e. The van der Waals surface area contributed by atoms with Crippen molar-refractivity contribution in [2.24, 2.45) is 0 Å². The highest BCUT2D eigenvalue weighted by atomic mass is 32.1. The lowest BCUT2D eigenvalue weighted by Gasteiger charge is -2.19. The molecule has 3 aromatic carbocycles. The smallest absolute Gasteiger partial charge is 0.0346 e. The van der Waals surface area contributed by atoms with E-state index in [1.807, 2.05) is 6.07 Å². The number of benzene rings is 3. The minimum Gasteiger partial charge on any atom is -0.143 e. The number of hydrogen-bond acceptors (Lipinski definition) is 1. The summed E-state index contributed by atoms with van der Waals surface area (Å²) in [6.45, 7) is 2.06. The van der Waals surface area contributed by atoms with Gasteiger partial charge in [-0.2, -0.15) is 0 Å². The Kier molecular flexibility index (Phi) is 4.12. The van der Waals surface area contributed by atoms with Gasteiger partial charge in [-0.3, -0.25) is 0 Å². The Bertz CT molecular complexity index is 678. The minimum atomic E-state index is 0.193. The van der Waals surface area contributed by atoms with Crippen molar-refractivity contribution < 1.29 is 0 Å².